The first-order chi connectivity index (χ1) is 13.3. The standard InChI is InChI=1S/C21H25N3O4/c1-14-6-5-7-15(2)20(14)23-18(25)12-22-19(26)13-28-21(27)16-8-10-17(11-9-16)24(3)4/h5-11H,12-13H2,1-4H3,(H,22,26)(H,23,25). The molecule has 0 radical (unpaired) electrons. The Hall–Kier alpha value is -3.35. The van der Waals surface area contributed by atoms with Crippen molar-refractivity contribution < 1.29 is 19.1 Å². The van der Waals surface area contributed by atoms with Crippen molar-refractivity contribution >= 4 is 29.2 Å². The second kappa shape index (κ2) is 9.55. The van der Waals surface area contributed by atoms with Gasteiger partial charge in [-0.15, -0.1) is 0 Å². The Balaban J connectivity index is 1.77. The molecule has 7 nitrogen and oxygen atoms in total. The van der Waals surface area contributed by atoms with E-state index in [-0.39, 0.29) is 12.5 Å². The number of anilines is 2. The second-order valence-corrected chi connectivity index (χ2v) is 6.61. The molecule has 7 heteroatoms. The van der Waals surface area contributed by atoms with Gasteiger partial charge in [0, 0.05) is 25.5 Å². The molecule has 2 aromatic rings. The van der Waals surface area contributed by atoms with Crippen molar-refractivity contribution in [2.24, 2.45) is 0 Å². The minimum atomic E-state index is -0.597. The van der Waals surface area contributed by atoms with Gasteiger partial charge in [-0.3, -0.25) is 9.59 Å². The first-order valence-electron chi connectivity index (χ1n) is 8.85. The summed E-state index contributed by atoms with van der Waals surface area (Å²) in [6.45, 7) is 3.13. The molecule has 2 amide bonds. The average molecular weight is 383 g/mol. The molecule has 0 aliphatic carbocycles. The van der Waals surface area contributed by atoms with Gasteiger partial charge in [0.25, 0.3) is 5.91 Å². The van der Waals surface area contributed by atoms with Crippen LogP contribution >= 0.6 is 0 Å². The Morgan fingerprint density at radius 2 is 1.54 bits per heavy atom. The van der Waals surface area contributed by atoms with Crippen LogP contribution in [0.2, 0.25) is 0 Å². The van der Waals surface area contributed by atoms with Crippen LogP contribution < -0.4 is 15.5 Å². The molecule has 2 aromatic carbocycles. The third-order valence-corrected chi connectivity index (χ3v) is 4.15. The average Bonchev–Trinajstić information content (AvgIpc) is 2.67. The summed E-state index contributed by atoms with van der Waals surface area (Å²) in [6, 6.07) is 12.5. The highest BCUT2D eigenvalue weighted by Crippen LogP contribution is 2.19. The Morgan fingerprint density at radius 1 is 0.929 bits per heavy atom. The zero-order valence-corrected chi connectivity index (χ0v) is 16.5. The number of hydrogen-bond donors (Lipinski definition) is 2. The van der Waals surface area contributed by atoms with E-state index in [9.17, 15) is 14.4 Å². The van der Waals surface area contributed by atoms with E-state index in [2.05, 4.69) is 10.6 Å². The molecule has 2 N–H and O–H groups in total. The molecule has 0 aliphatic heterocycles. The lowest BCUT2D eigenvalue weighted by atomic mass is 10.1. The number of carbonyl (C=O) groups is 3. The smallest absolute Gasteiger partial charge is 0.338 e. The molecule has 28 heavy (non-hydrogen) atoms. The lowest BCUT2D eigenvalue weighted by molar-refractivity contribution is -0.126. The van der Waals surface area contributed by atoms with Crippen molar-refractivity contribution in [2.75, 3.05) is 37.5 Å². The zero-order chi connectivity index (χ0) is 20.7. The SMILES string of the molecule is Cc1cccc(C)c1NC(=O)CNC(=O)COC(=O)c1ccc(N(C)C)cc1. The lowest BCUT2D eigenvalue weighted by Gasteiger charge is -2.13. The molecule has 0 spiro atoms. The van der Waals surface area contributed by atoms with Gasteiger partial charge in [-0.05, 0) is 49.2 Å². The first kappa shape index (κ1) is 21.0. The minimum absolute atomic E-state index is 0.207. The van der Waals surface area contributed by atoms with E-state index in [1.54, 1.807) is 24.3 Å². The summed E-state index contributed by atoms with van der Waals surface area (Å²) in [5.74, 6) is -1.49. The lowest BCUT2D eigenvalue weighted by Crippen LogP contribution is -2.35. The van der Waals surface area contributed by atoms with E-state index < -0.39 is 18.5 Å². The van der Waals surface area contributed by atoms with E-state index in [0.717, 1.165) is 22.5 Å². The van der Waals surface area contributed by atoms with E-state index >= 15 is 0 Å². The van der Waals surface area contributed by atoms with Crippen molar-refractivity contribution in [1.29, 1.82) is 0 Å². The third-order valence-electron chi connectivity index (χ3n) is 4.15. The van der Waals surface area contributed by atoms with Crippen LogP contribution in [0.1, 0.15) is 21.5 Å². The maximum atomic E-state index is 12.0. The van der Waals surface area contributed by atoms with Crippen LogP contribution in [0.4, 0.5) is 11.4 Å². The van der Waals surface area contributed by atoms with Crippen LogP contribution in [-0.4, -0.2) is 45.0 Å². The van der Waals surface area contributed by atoms with Gasteiger partial charge in [-0.2, -0.15) is 0 Å². The number of amides is 2. The van der Waals surface area contributed by atoms with Crippen LogP contribution in [0, 0.1) is 13.8 Å². The number of aryl methyl sites for hydroxylation is 2. The van der Waals surface area contributed by atoms with E-state index in [4.69, 9.17) is 4.74 Å². The fraction of sp³-hybridized carbons (Fsp3) is 0.286. The number of hydrogen-bond acceptors (Lipinski definition) is 5. The molecule has 0 bridgehead atoms. The van der Waals surface area contributed by atoms with Gasteiger partial charge < -0.3 is 20.3 Å². The quantitative estimate of drug-likeness (QED) is 0.716. The molecular formula is C21H25N3O4. The molecule has 2 rings (SSSR count). The summed E-state index contributed by atoms with van der Waals surface area (Å²) >= 11 is 0. The predicted molar refractivity (Wildman–Crippen MR) is 109 cm³/mol. The van der Waals surface area contributed by atoms with Gasteiger partial charge in [0.1, 0.15) is 0 Å². The van der Waals surface area contributed by atoms with Crippen molar-refractivity contribution in [2.45, 2.75) is 13.8 Å². The van der Waals surface area contributed by atoms with E-state index in [1.165, 1.54) is 0 Å². The number of benzene rings is 2. The molecule has 0 aromatic heterocycles. The van der Waals surface area contributed by atoms with Gasteiger partial charge >= 0.3 is 5.97 Å². The van der Waals surface area contributed by atoms with Crippen LogP contribution in [-0.2, 0) is 14.3 Å². The van der Waals surface area contributed by atoms with Crippen molar-refractivity contribution in [3.05, 3.63) is 59.2 Å². The summed E-state index contributed by atoms with van der Waals surface area (Å²) in [5, 5.41) is 5.21. The van der Waals surface area contributed by atoms with E-state index in [0.29, 0.717) is 5.56 Å². The number of rotatable bonds is 7. The summed E-state index contributed by atoms with van der Waals surface area (Å²) in [7, 11) is 3.79. The number of esters is 1. The van der Waals surface area contributed by atoms with Gasteiger partial charge in [-0.25, -0.2) is 4.79 Å². The molecule has 0 saturated heterocycles. The Bertz CT molecular complexity index is 840. The summed E-state index contributed by atoms with van der Waals surface area (Å²) in [5.41, 5.74) is 3.91. The predicted octanol–water partition coefficient (Wildman–Crippen LogP) is 2.28. The summed E-state index contributed by atoms with van der Waals surface area (Å²) < 4.78 is 4.98. The van der Waals surface area contributed by atoms with Crippen LogP contribution in [0.25, 0.3) is 0 Å². The van der Waals surface area contributed by atoms with Gasteiger partial charge in [0.05, 0.1) is 12.1 Å². The number of nitrogens with one attached hydrogen (secondary N) is 2. The van der Waals surface area contributed by atoms with E-state index in [1.807, 2.05) is 51.0 Å². The topological polar surface area (TPSA) is 87.7 Å². The summed E-state index contributed by atoms with van der Waals surface area (Å²) in [4.78, 5) is 37.8. The maximum absolute atomic E-state index is 12.0. The largest absolute Gasteiger partial charge is 0.452 e. The van der Waals surface area contributed by atoms with Crippen LogP contribution in [0.5, 0.6) is 0 Å². The molecule has 0 atom stereocenters. The van der Waals surface area contributed by atoms with Gasteiger partial charge in [-0.1, -0.05) is 18.2 Å². The Morgan fingerprint density at radius 3 is 2.11 bits per heavy atom. The van der Waals surface area contributed by atoms with Gasteiger partial charge in [0.15, 0.2) is 6.61 Å². The number of ether oxygens (including phenoxy) is 1. The van der Waals surface area contributed by atoms with Crippen molar-refractivity contribution in [1.82, 2.24) is 5.32 Å². The highest BCUT2D eigenvalue weighted by Gasteiger charge is 2.12. The molecule has 0 heterocycles. The van der Waals surface area contributed by atoms with Crippen LogP contribution in [0.15, 0.2) is 42.5 Å². The van der Waals surface area contributed by atoms with Crippen molar-refractivity contribution in [3.63, 3.8) is 0 Å². The normalized spacial score (nSPS) is 10.1. The third kappa shape index (κ3) is 5.84. The second-order valence-electron chi connectivity index (χ2n) is 6.61. The highest BCUT2D eigenvalue weighted by molar-refractivity contribution is 5.96. The Labute approximate surface area is 164 Å². The zero-order valence-electron chi connectivity index (χ0n) is 16.5. The first-order valence-corrected chi connectivity index (χ1v) is 8.85. The van der Waals surface area contributed by atoms with Gasteiger partial charge in [0.2, 0.25) is 5.91 Å². The monoisotopic (exact) mass is 383 g/mol. The fourth-order valence-corrected chi connectivity index (χ4v) is 2.54. The Kier molecular flexibility index (Phi) is 7.14. The minimum Gasteiger partial charge on any atom is -0.452 e. The number of carbonyl (C=O) groups excluding carboxylic acids is 3. The van der Waals surface area contributed by atoms with Crippen molar-refractivity contribution in [3.8, 4) is 0 Å². The molecule has 0 saturated carbocycles. The van der Waals surface area contributed by atoms with Crippen LogP contribution in [0.3, 0.4) is 0 Å². The maximum Gasteiger partial charge on any atom is 0.338 e. The number of para-hydroxylation sites is 1. The highest BCUT2D eigenvalue weighted by atomic mass is 16.5. The molecule has 0 fully saturated rings. The molecule has 0 unspecified atom stereocenters. The summed E-state index contributed by atoms with van der Waals surface area (Å²) in [6.07, 6.45) is 0. The fourth-order valence-electron chi connectivity index (χ4n) is 2.54. The molecular weight excluding hydrogens is 358 g/mol. The molecule has 148 valence electrons. The molecule has 0 aliphatic rings. The number of nitrogens with zero attached hydrogens (tertiary/aromatic N) is 1.